The molecule has 0 saturated heterocycles. The van der Waals surface area contributed by atoms with Crippen molar-refractivity contribution in [1.82, 2.24) is 9.55 Å². The Morgan fingerprint density at radius 2 is 2.19 bits per heavy atom. The van der Waals surface area contributed by atoms with Crippen LogP contribution >= 0.6 is 0 Å². The van der Waals surface area contributed by atoms with Crippen LogP contribution in [0.3, 0.4) is 0 Å². The Kier molecular flexibility index (Phi) is 3.55. The van der Waals surface area contributed by atoms with Gasteiger partial charge in [-0.15, -0.1) is 0 Å². The van der Waals surface area contributed by atoms with E-state index in [4.69, 9.17) is 5.73 Å². The van der Waals surface area contributed by atoms with Gasteiger partial charge in [-0.2, -0.15) is 0 Å². The van der Waals surface area contributed by atoms with Gasteiger partial charge in [-0.25, -0.2) is 4.98 Å². The highest BCUT2D eigenvalue weighted by Crippen LogP contribution is 2.37. The first-order valence-corrected chi connectivity index (χ1v) is 7.41. The number of rotatable bonds is 3. The van der Waals surface area contributed by atoms with Crippen LogP contribution in [-0.4, -0.2) is 21.3 Å². The monoisotopic (exact) mass is 287 g/mol. The van der Waals surface area contributed by atoms with Crippen LogP contribution in [0.25, 0.3) is 10.9 Å². The second kappa shape index (κ2) is 5.24. The zero-order chi connectivity index (χ0) is 15.1. The predicted molar refractivity (Wildman–Crippen MR) is 82.2 cm³/mol. The third-order valence-corrected chi connectivity index (χ3v) is 4.41. The number of hydrogen-bond acceptors (Lipinski definition) is 4. The van der Waals surface area contributed by atoms with Gasteiger partial charge in [-0.1, -0.05) is 12.1 Å². The van der Waals surface area contributed by atoms with Gasteiger partial charge < -0.3 is 10.8 Å². The lowest BCUT2D eigenvalue weighted by Crippen LogP contribution is -2.39. The van der Waals surface area contributed by atoms with Crippen molar-refractivity contribution < 1.29 is 5.11 Å². The fourth-order valence-electron chi connectivity index (χ4n) is 3.16. The van der Waals surface area contributed by atoms with Gasteiger partial charge in [0.2, 0.25) is 0 Å². The summed E-state index contributed by atoms with van der Waals surface area (Å²) >= 11 is 0. The van der Waals surface area contributed by atoms with Crippen LogP contribution in [0, 0.1) is 12.8 Å². The molecule has 5 nitrogen and oxygen atoms in total. The molecule has 1 unspecified atom stereocenters. The molecule has 1 aromatic carbocycles. The van der Waals surface area contributed by atoms with Crippen molar-refractivity contribution in [2.75, 3.05) is 6.61 Å². The highest BCUT2D eigenvalue weighted by molar-refractivity contribution is 5.81. The molecule has 1 aliphatic carbocycles. The lowest BCUT2D eigenvalue weighted by molar-refractivity contribution is 0.107. The first kappa shape index (κ1) is 14.2. The zero-order valence-corrected chi connectivity index (χ0v) is 12.4. The van der Waals surface area contributed by atoms with Gasteiger partial charge in [0.15, 0.2) is 0 Å². The van der Waals surface area contributed by atoms with Crippen molar-refractivity contribution >= 4 is 10.9 Å². The SMILES string of the molecule is Cc1cccc2nc(C(C)N)n(C3CC(CO)C3)c(=O)c12. The molecule has 5 heteroatoms. The van der Waals surface area contributed by atoms with Gasteiger partial charge in [0.1, 0.15) is 5.82 Å². The Morgan fingerprint density at radius 1 is 1.48 bits per heavy atom. The minimum absolute atomic E-state index is 0.00760. The van der Waals surface area contributed by atoms with E-state index in [-0.39, 0.29) is 30.2 Å². The largest absolute Gasteiger partial charge is 0.396 e. The van der Waals surface area contributed by atoms with E-state index in [1.54, 1.807) is 4.57 Å². The summed E-state index contributed by atoms with van der Waals surface area (Å²) in [5.41, 5.74) is 7.66. The third kappa shape index (κ3) is 2.26. The molecule has 1 aromatic heterocycles. The molecule has 0 radical (unpaired) electrons. The quantitative estimate of drug-likeness (QED) is 0.899. The molecule has 1 fully saturated rings. The number of aliphatic hydroxyl groups is 1. The molecule has 0 amide bonds. The standard InChI is InChI=1S/C16H21N3O2/c1-9-4-3-5-13-14(9)16(21)19(15(18-13)10(2)17)12-6-11(7-12)8-20/h3-5,10-12,20H,6-8,17H2,1-2H3. The summed E-state index contributed by atoms with van der Waals surface area (Å²) in [5.74, 6) is 0.926. The van der Waals surface area contributed by atoms with E-state index in [0.29, 0.717) is 16.7 Å². The first-order valence-electron chi connectivity index (χ1n) is 7.41. The Balaban J connectivity index is 2.21. The summed E-state index contributed by atoms with van der Waals surface area (Å²) in [6, 6.07) is 5.50. The van der Waals surface area contributed by atoms with Crippen LogP contribution in [0.15, 0.2) is 23.0 Å². The van der Waals surface area contributed by atoms with E-state index in [1.165, 1.54) is 0 Å². The van der Waals surface area contributed by atoms with Crippen molar-refractivity contribution in [3.8, 4) is 0 Å². The van der Waals surface area contributed by atoms with E-state index < -0.39 is 0 Å². The molecule has 0 spiro atoms. The molecular formula is C16H21N3O2. The average molecular weight is 287 g/mol. The maximum Gasteiger partial charge on any atom is 0.261 e. The Labute approximate surface area is 123 Å². The van der Waals surface area contributed by atoms with Crippen molar-refractivity contribution in [2.45, 2.75) is 38.8 Å². The van der Waals surface area contributed by atoms with E-state index >= 15 is 0 Å². The number of nitrogens with zero attached hydrogens (tertiary/aromatic N) is 2. The Bertz CT molecular complexity index is 730. The highest BCUT2D eigenvalue weighted by Gasteiger charge is 2.33. The normalized spacial score (nSPS) is 23.0. The summed E-state index contributed by atoms with van der Waals surface area (Å²) in [6.07, 6.45) is 1.63. The van der Waals surface area contributed by atoms with Gasteiger partial charge in [0.05, 0.1) is 16.9 Å². The molecule has 3 N–H and O–H groups in total. The lowest BCUT2D eigenvalue weighted by Gasteiger charge is -2.37. The van der Waals surface area contributed by atoms with Crippen LogP contribution in [0.1, 0.15) is 43.2 Å². The molecule has 1 atom stereocenters. The molecule has 21 heavy (non-hydrogen) atoms. The number of benzene rings is 1. The zero-order valence-electron chi connectivity index (χ0n) is 12.4. The van der Waals surface area contributed by atoms with Crippen LogP contribution in [0.5, 0.6) is 0 Å². The fourth-order valence-corrected chi connectivity index (χ4v) is 3.16. The summed E-state index contributed by atoms with van der Waals surface area (Å²) in [4.78, 5) is 17.5. The fraction of sp³-hybridized carbons (Fsp3) is 0.500. The predicted octanol–water partition coefficient (Wildman–Crippen LogP) is 1.67. The van der Waals surface area contributed by atoms with Crippen molar-refractivity contribution in [2.24, 2.45) is 11.7 Å². The Hall–Kier alpha value is -1.72. The van der Waals surface area contributed by atoms with Gasteiger partial charge in [0, 0.05) is 12.6 Å². The highest BCUT2D eigenvalue weighted by atomic mass is 16.3. The van der Waals surface area contributed by atoms with E-state index in [1.807, 2.05) is 32.0 Å². The second-order valence-electron chi connectivity index (χ2n) is 6.08. The number of fused-ring (bicyclic) bond motifs is 1. The lowest BCUT2D eigenvalue weighted by atomic mass is 9.80. The topological polar surface area (TPSA) is 81.1 Å². The summed E-state index contributed by atoms with van der Waals surface area (Å²) in [6.45, 7) is 3.96. The van der Waals surface area contributed by atoms with Gasteiger partial charge >= 0.3 is 0 Å². The summed E-state index contributed by atoms with van der Waals surface area (Å²) in [7, 11) is 0. The molecule has 3 rings (SSSR count). The van der Waals surface area contributed by atoms with Crippen molar-refractivity contribution in [3.05, 3.63) is 39.9 Å². The smallest absolute Gasteiger partial charge is 0.261 e. The summed E-state index contributed by atoms with van der Waals surface area (Å²) < 4.78 is 1.76. The average Bonchev–Trinajstić information content (AvgIpc) is 2.39. The molecule has 1 aliphatic rings. The number of aryl methyl sites for hydroxylation is 1. The molecule has 1 saturated carbocycles. The molecule has 1 heterocycles. The number of aromatic nitrogens is 2. The first-order chi connectivity index (χ1) is 10.0. The van der Waals surface area contributed by atoms with Gasteiger partial charge in [-0.3, -0.25) is 9.36 Å². The molecule has 112 valence electrons. The van der Waals surface area contributed by atoms with Gasteiger partial charge in [-0.05, 0) is 44.2 Å². The Morgan fingerprint density at radius 3 is 2.81 bits per heavy atom. The van der Waals surface area contributed by atoms with Crippen LogP contribution in [-0.2, 0) is 0 Å². The molecule has 2 aromatic rings. The molecular weight excluding hydrogens is 266 g/mol. The minimum Gasteiger partial charge on any atom is -0.396 e. The minimum atomic E-state index is -0.296. The third-order valence-electron chi connectivity index (χ3n) is 4.41. The molecule has 0 bridgehead atoms. The van der Waals surface area contributed by atoms with E-state index in [9.17, 15) is 9.90 Å². The van der Waals surface area contributed by atoms with Crippen LogP contribution < -0.4 is 11.3 Å². The molecule has 0 aliphatic heterocycles. The number of aliphatic hydroxyl groups excluding tert-OH is 1. The van der Waals surface area contributed by atoms with Crippen LogP contribution in [0.2, 0.25) is 0 Å². The second-order valence-corrected chi connectivity index (χ2v) is 6.08. The van der Waals surface area contributed by atoms with E-state index in [2.05, 4.69) is 4.98 Å². The van der Waals surface area contributed by atoms with Crippen LogP contribution in [0.4, 0.5) is 0 Å². The van der Waals surface area contributed by atoms with E-state index in [0.717, 1.165) is 18.4 Å². The maximum absolute atomic E-state index is 12.9. The number of hydrogen-bond donors (Lipinski definition) is 2. The van der Waals surface area contributed by atoms with Gasteiger partial charge in [0.25, 0.3) is 5.56 Å². The van der Waals surface area contributed by atoms with Crippen molar-refractivity contribution in [1.29, 1.82) is 0 Å². The number of nitrogens with two attached hydrogens (primary N) is 1. The maximum atomic E-state index is 12.9. The summed E-state index contributed by atoms with van der Waals surface area (Å²) in [5, 5.41) is 9.86. The van der Waals surface area contributed by atoms with Crippen molar-refractivity contribution in [3.63, 3.8) is 0 Å².